The van der Waals surface area contributed by atoms with Gasteiger partial charge in [-0.05, 0) is 11.6 Å². The average Bonchev–Trinajstić information content (AvgIpc) is 2.22. The number of H-pyrrole nitrogens is 1. The van der Waals surface area contributed by atoms with Crippen molar-refractivity contribution in [2.24, 2.45) is 0 Å². The van der Waals surface area contributed by atoms with Crippen molar-refractivity contribution in [2.45, 2.75) is 0 Å². The third-order valence-corrected chi connectivity index (χ3v) is 2.10. The summed E-state index contributed by atoms with van der Waals surface area (Å²) in [5.41, 5.74) is 0. The molecule has 0 saturated heterocycles. The van der Waals surface area contributed by atoms with Gasteiger partial charge in [-0.3, -0.25) is 0 Å². The van der Waals surface area contributed by atoms with Crippen molar-refractivity contribution in [1.82, 2.24) is 4.98 Å². The molecule has 0 spiro atoms. The molecule has 2 aromatic rings. The molecule has 0 amide bonds. The van der Waals surface area contributed by atoms with Crippen LogP contribution < -0.4 is 4.40 Å². The van der Waals surface area contributed by atoms with E-state index in [4.69, 9.17) is 11.6 Å². The van der Waals surface area contributed by atoms with Crippen LogP contribution in [0.2, 0.25) is 5.15 Å². The van der Waals surface area contributed by atoms with E-state index in [2.05, 4.69) is 4.98 Å². The van der Waals surface area contributed by atoms with E-state index >= 15 is 0 Å². The maximum atomic E-state index is 5.65. The predicted octanol–water partition coefficient (Wildman–Crippen LogP) is 1.47. The minimum Gasteiger partial charge on any atom is -0.218 e. The monoisotopic (exact) mass is 159 g/mol. The van der Waals surface area contributed by atoms with E-state index in [-0.39, 0.29) is 0 Å². The molecular weight excluding hydrogens is 156 g/mol. The quantitative estimate of drug-likeness (QED) is 0.562. The van der Waals surface area contributed by atoms with E-state index in [0.29, 0.717) is 5.15 Å². The molecule has 0 aliphatic rings. The molecule has 2 nitrogen and oxygen atoms in total. The molecule has 0 atom stereocenters. The van der Waals surface area contributed by atoms with Gasteiger partial charge in [0, 0.05) is 5.38 Å². The van der Waals surface area contributed by atoms with Gasteiger partial charge in [0.1, 0.15) is 6.20 Å². The summed E-state index contributed by atoms with van der Waals surface area (Å²) in [5, 5.41) is 2.68. The lowest BCUT2D eigenvalue weighted by atomic mass is 10.9. The standard InChI is InChI=1S/C5H3ClN2S/c6-4-3-8-1-2-9-5(8)7-4/h1-3H/p+1. The first-order valence-electron chi connectivity index (χ1n) is 2.49. The van der Waals surface area contributed by atoms with Crippen molar-refractivity contribution >= 4 is 27.9 Å². The maximum Gasteiger partial charge on any atom is 0.344 e. The van der Waals surface area contributed by atoms with Gasteiger partial charge >= 0.3 is 4.96 Å². The lowest BCUT2D eigenvalue weighted by Crippen LogP contribution is -2.11. The number of thiazole rings is 1. The number of hydrogen-bond donors (Lipinski definition) is 1. The van der Waals surface area contributed by atoms with Gasteiger partial charge in [-0.1, -0.05) is 11.3 Å². The van der Waals surface area contributed by atoms with Crippen LogP contribution in [0.5, 0.6) is 0 Å². The van der Waals surface area contributed by atoms with Crippen molar-refractivity contribution < 1.29 is 4.40 Å². The summed E-state index contributed by atoms with van der Waals surface area (Å²) in [6, 6.07) is 0. The van der Waals surface area contributed by atoms with Crippen LogP contribution in [0.15, 0.2) is 17.8 Å². The average molecular weight is 160 g/mol. The van der Waals surface area contributed by atoms with Crippen LogP contribution in [-0.2, 0) is 0 Å². The molecular formula is C5H4ClN2S+. The summed E-state index contributed by atoms with van der Waals surface area (Å²) in [4.78, 5) is 4.05. The molecule has 1 N–H and O–H groups in total. The van der Waals surface area contributed by atoms with Crippen molar-refractivity contribution in [1.29, 1.82) is 0 Å². The van der Waals surface area contributed by atoms with E-state index in [1.54, 1.807) is 11.3 Å². The molecule has 46 valence electrons. The number of nitrogens with one attached hydrogen (secondary N) is 1. The molecule has 0 radical (unpaired) electrons. The summed E-state index contributed by atoms with van der Waals surface area (Å²) in [6.07, 6.45) is 3.80. The van der Waals surface area contributed by atoms with Gasteiger partial charge in [-0.15, -0.1) is 0 Å². The largest absolute Gasteiger partial charge is 0.344 e. The summed E-state index contributed by atoms with van der Waals surface area (Å²) >= 11 is 7.29. The fourth-order valence-corrected chi connectivity index (χ4v) is 1.72. The first kappa shape index (κ1) is 5.26. The number of hydrogen-bond acceptors (Lipinski definition) is 1. The van der Waals surface area contributed by atoms with E-state index in [0.717, 1.165) is 4.96 Å². The van der Waals surface area contributed by atoms with Crippen molar-refractivity contribution in [3.05, 3.63) is 22.9 Å². The number of rotatable bonds is 0. The van der Waals surface area contributed by atoms with Crippen LogP contribution >= 0.6 is 22.9 Å². The van der Waals surface area contributed by atoms with E-state index in [1.165, 1.54) is 0 Å². The van der Waals surface area contributed by atoms with E-state index in [1.807, 2.05) is 22.2 Å². The first-order chi connectivity index (χ1) is 4.36. The summed E-state index contributed by atoms with van der Waals surface area (Å²) in [6.45, 7) is 0. The third kappa shape index (κ3) is 0.730. The fraction of sp³-hybridized carbons (Fsp3) is 0. The van der Waals surface area contributed by atoms with Crippen LogP contribution in [-0.4, -0.2) is 4.98 Å². The number of fused-ring (bicyclic) bond motifs is 1. The predicted molar refractivity (Wildman–Crippen MR) is 36.8 cm³/mol. The second kappa shape index (κ2) is 1.72. The summed E-state index contributed by atoms with van der Waals surface area (Å²) in [7, 11) is 0. The lowest BCUT2D eigenvalue weighted by molar-refractivity contribution is -0.505. The van der Waals surface area contributed by atoms with Gasteiger partial charge in [0.05, 0.1) is 0 Å². The molecule has 0 fully saturated rings. The third-order valence-electron chi connectivity index (χ3n) is 1.11. The number of nitrogens with zero attached hydrogens (tertiary/aromatic N) is 1. The molecule has 0 bridgehead atoms. The topological polar surface area (TPSA) is 19.9 Å². The highest BCUT2D eigenvalue weighted by molar-refractivity contribution is 7.14. The Morgan fingerprint density at radius 3 is 3.33 bits per heavy atom. The van der Waals surface area contributed by atoms with Crippen LogP contribution in [0, 0.1) is 0 Å². The van der Waals surface area contributed by atoms with Gasteiger partial charge < -0.3 is 0 Å². The molecule has 2 heterocycles. The van der Waals surface area contributed by atoms with Gasteiger partial charge in [0.2, 0.25) is 5.15 Å². The van der Waals surface area contributed by atoms with Crippen molar-refractivity contribution in [3.8, 4) is 0 Å². The van der Waals surface area contributed by atoms with Crippen molar-refractivity contribution in [2.75, 3.05) is 0 Å². The second-order valence-electron chi connectivity index (χ2n) is 1.72. The van der Waals surface area contributed by atoms with Gasteiger partial charge in [-0.2, -0.15) is 4.40 Å². The molecule has 0 aliphatic heterocycles. The SMILES string of the molecule is Clc1c[n+]2ccsc2[nH]1. The van der Waals surface area contributed by atoms with Crippen LogP contribution in [0.25, 0.3) is 4.96 Å². The molecule has 2 rings (SSSR count). The van der Waals surface area contributed by atoms with Crippen LogP contribution in [0.1, 0.15) is 0 Å². The molecule has 0 unspecified atom stereocenters. The Balaban J connectivity index is 2.92. The molecule has 2 aromatic heterocycles. The smallest absolute Gasteiger partial charge is 0.218 e. The molecule has 0 aromatic carbocycles. The van der Waals surface area contributed by atoms with Gasteiger partial charge in [0.25, 0.3) is 0 Å². The Kier molecular flexibility index (Phi) is 1.00. The molecule has 9 heavy (non-hydrogen) atoms. The number of aromatic nitrogens is 2. The normalized spacial score (nSPS) is 10.8. The van der Waals surface area contributed by atoms with Gasteiger partial charge in [0.15, 0.2) is 6.20 Å². The van der Waals surface area contributed by atoms with Crippen molar-refractivity contribution in [3.63, 3.8) is 0 Å². The Bertz CT molecular complexity index is 296. The van der Waals surface area contributed by atoms with Crippen LogP contribution in [0.4, 0.5) is 0 Å². The second-order valence-corrected chi connectivity index (χ2v) is 3.02. The van der Waals surface area contributed by atoms with Crippen LogP contribution in [0.3, 0.4) is 0 Å². The zero-order valence-corrected chi connectivity index (χ0v) is 6.04. The summed E-state index contributed by atoms with van der Waals surface area (Å²) in [5.74, 6) is 0. The highest BCUT2D eigenvalue weighted by atomic mass is 35.5. The molecule has 0 saturated carbocycles. The fourth-order valence-electron chi connectivity index (χ4n) is 0.741. The lowest BCUT2D eigenvalue weighted by Gasteiger charge is -1.61. The number of aromatic amines is 1. The Morgan fingerprint density at radius 1 is 1.67 bits per heavy atom. The minimum absolute atomic E-state index is 0.682. The summed E-state index contributed by atoms with van der Waals surface area (Å²) < 4.78 is 1.95. The van der Waals surface area contributed by atoms with E-state index < -0.39 is 0 Å². The highest BCUT2D eigenvalue weighted by Gasteiger charge is 2.05. The minimum atomic E-state index is 0.682. The Morgan fingerprint density at radius 2 is 2.56 bits per heavy atom. The zero-order chi connectivity index (χ0) is 6.27. The van der Waals surface area contributed by atoms with E-state index in [9.17, 15) is 0 Å². The Hall–Kier alpha value is -0.540. The number of halogens is 1. The Labute approximate surface area is 60.7 Å². The molecule has 0 aliphatic carbocycles. The number of imidazole rings is 1. The molecule has 4 heteroatoms. The maximum absolute atomic E-state index is 5.65. The highest BCUT2D eigenvalue weighted by Crippen LogP contribution is 2.07. The van der Waals surface area contributed by atoms with Gasteiger partial charge in [-0.25, -0.2) is 4.98 Å². The zero-order valence-electron chi connectivity index (χ0n) is 4.47. The first-order valence-corrected chi connectivity index (χ1v) is 3.75.